The molecular formula is C60H94O31S. The van der Waals surface area contributed by atoms with Crippen LogP contribution in [0.2, 0.25) is 0 Å². The van der Waals surface area contributed by atoms with Crippen LogP contribution in [0.5, 0.6) is 0 Å². The Bertz CT molecular complexity index is 2790. The van der Waals surface area contributed by atoms with Crippen molar-refractivity contribution in [3.05, 3.63) is 11.6 Å². The van der Waals surface area contributed by atoms with Crippen LogP contribution in [0.25, 0.3) is 0 Å². The standard InChI is InChI=1S/C60H94O31S/c1-23(2)18-25(62)19-59(8)32-13-16-58(7)27-10-11-31-56(4,5)33(14-15-57(31,6)26(27)12-17-60(32,58)55(75)91-59)86-54-48(36(65)29(21-80-54)84-51-39(68)37(66)34(63)30(85-51)22-81-92(76,77)78)90-50-40(69)38(67)44(24(3)82-50)87-52-43(72)46(35(64)28(20-61)83-52)88-53-42(71)45(79-9)41(70)47(89-53)49(73)74/h10,23-24,26,28-48,50-54,61,63-72H,11-22H2,1-9H3,(H,73,74)(H,76,77,78)/t24-,26-,28-,29-,30-,31+,32-,33+,34-,35-,36+,37+,38-,39-,40-,41+,42-,43-,44-,45+,46+,47+,48-,50+,51-,52+,53-,54+,57-,58+,59+,60-/m1/s1. The molecule has 6 heterocycles. The average Bonchev–Trinajstić information content (AvgIpc) is 1.46. The third-order valence-electron chi connectivity index (χ3n) is 22.4. The zero-order chi connectivity index (χ0) is 67.4. The molecule has 10 rings (SSSR count). The van der Waals surface area contributed by atoms with Crippen LogP contribution in [-0.2, 0) is 85.8 Å². The van der Waals surface area contributed by atoms with Gasteiger partial charge in [-0.15, -0.1) is 0 Å². The maximum Gasteiger partial charge on any atom is 0.397 e. The number of hydrogen-bond donors (Lipinski definition) is 13. The van der Waals surface area contributed by atoms with Gasteiger partial charge >= 0.3 is 22.3 Å². The molecule has 6 aliphatic heterocycles. The Kier molecular flexibility index (Phi) is 21.1. The fraction of sp³-hybridized carbons (Fsp3) is 0.917. The number of aliphatic hydroxyl groups is 11. The van der Waals surface area contributed by atoms with Crippen LogP contribution in [-0.4, -0.2) is 278 Å². The van der Waals surface area contributed by atoms with Crippen LogP contribution in [0.4, 0.5) is 0 Å². The van der Waals surface area contributed by atoms with Crippen molar-refractivity contribution >= 4 is 28.1 Å². The van der Waals surface area contributed by atoms with Gasteiger partial charge in [0.05, 0.1) is 37.4 Å². The van der Waals surface area contributed by atoms with Crippen molar-refractivity contribution in [3.8, 4) is 0 Å². The molecule has 4 aliphatic carbocycles. The molecule has 13 N–H and O–H groups in total. The maximum atomic E-state index is 14.5. The van der Waals surface area contributed by atoms with Gasteiger partial charge in [0, 0.05) is 31.3 Å². The fourth-order valence-corrected chi connectivity index (χ4v) is 18.0. The monoisotopic (exact) mass is 1340 g/mol. The molecule has 31 nitrogen and oxygen atoms in total. The van der Waals surface area contributed by atoms with Gasteiger partial charge in [0.25, 0.3) is 0 Å². The molecule has 32 heteroatoms. The number of methoxy groups -OCH3 is 1. The van der Waals surface area contributed by atoms with Gasteiger partial charge in [-0.1, -0.05) is 53.2 Å². The summed E-state index contributed by atoms with van der Waals surface area (Å²) in [4.78, 5) is 39.8. The minimum absolute atomic E-state index is 0.0328. The molecule has 0 radical (unpaired) electrons. The van der Waals surface area contributed by atoms with Crippen molar-refractivity contribution in [1.29, 1.82) is 0 Å². The number of esters is 1. The molecule has 0 unspecified atom stereocenters. The van der Waals surface area contributed by atoms with Crippen LogP contribution in [0.1, 0.15) is 113 Å². The third kappa shape index (κ3) is 12.7. The molecule has 0 amide bonds. The largest absolute Gasteiger partial charge is 0.479 e. The number of cyclic esters (lactones) is 1. The van der Waals surface area contributed by atoms with Gasteiger partial charge in [0.2, 0.25) is 0 Å². The number of carbonyl (C=O) groups excluding carboxylic acids is 2. The Labute approximate surface area is 532 Å². The number of carboxylic acid groups (broad SMARTS) is 1. The predicted octanol–water partition coefficient (Wildman–Crippen LogP) is -2.39. The number of hydrogen-bond acceptors (Lipinski definition) is 29. The quantitative estimate of drug-likeness (QED) is 0.0344. The van der Waals surface area contributed by atoms with Crippen LogP contribution in [0.3, 0.4) is 0 Å². The van der Waals surface area contributed by atoms with Crippen molar-refractivity contribution in [2.24, 2.45) is 45.3 Å². The number of rotatable bonds is 20. The molecule has 0 aromatic rings. The molecule has 0 aromatic heterocycles. The Hall–Kier alpha value is -2.66. The van der Waals surface area contributed by atoms with Gasteiger partial charge in [-0.05, 0) is 87.4 Å². The summed E-state index contributed by atoms with van der Waals surface area (Å²) < 4.78 is 108. The lowest BCUT2D eigenvalue weighted by molar-refractivity contribution is -0.394. The highest BCUT2D eigenvalue weighted by Crippen LogP contribution is 2.76. The highest BCUT2D eigenvalue weighted by atomic mass is 32.3. The summed E-state index contributed by atoms with van der Waals surface area (Å²) in [5.41, 5.74) is -1.95. The molecule has 92 heavy (non-hydrogen) atoms. The summed E-state index contributed by atoms with van der Waals surface area (Å²) in [6.07, 6.45) is -37.6. The van der Waals surface area contributed by atoms with Crippen LogP contribution < -0.4 is 0 Å². The Balaban J connectivity index is 0.877. The lowest BCUT2D eigenvalue weighted by atomic mass is 9.41. The molecule has 0 aromatic carbocycles. The minimum atomic E-state index is -5.09. The molecule has 32 atom stereocenters. The van der Waals surface area contributed by atoms with Crippen molar-refractivity contribution < 1.29 is 150 Å². The number of Topliss-reactive ketones (excluding diaryl/α,β-unsaturated/α-hetero) is 1. The second kappa shape index (κ2) is 26.9. The Morgan fingerprint density at radius 1 is 0.663 bits per heavy atom. The number of ketones is 1. The normalized spacial score (nSPS) is 50.2. The highest BCUT2D eigenvalue weighted by Gasteiger charge is 2.76. The number of carboxylic acids is 1. The van der Waals surface area contributed by atoms with E-state index in [1.165, 1.54) is 12.5 Å². The molecular weight excluding hydrogens is 1250 g/mol. The third-order valence-corrected chi connectivity index (χ3v) is 22.8. The summed E-state index contributed by atoms with van der Waals surface area (Å²) in [5.74, 6) is -1.75. The number of aliphatic carboxylic acids is 1. The van der Waals surface area contributed by atoms with E-state index in [9.17, 15) is 88.6 Å². The Morgan fingerprint density at radius 2 is 1.28 bits per heavy atom. The van der Waals surface area contributed by atoms with Gasteiger partial charge in [-0.2, -0.15) is 8.42 Å². The fourth-order valence-electron chi connectivity index (χ4n) is 17.7. The van der Waals surface area contributed by atoms with Crippen molar-refractivity contribution in [3.63, 3.8) is 0 Å². The number of fused-ring (bicyclic) bond motifs is 4. The molecule has 6 saturated heterocycles. The van der Waals surface area contributed by atoms with E-state index in [0.717, 1.165) is 20.0 Å². The van der Waals surface area contributed by atoms with E-state index in [1.54, 1.807) is 0 Å². The summed E-state index contributed by atoms with van der Waals surface area (Å²) >= 11 is 0. The van der Waals surface area contributed by atoms with Crippen molar-refractivity contribution in [1.82, 2.24) is 0 Å². The minimum Gasteiger partial charge on any atom is -0.479 e. The van der Waals surface area contributed by atoms with E-state index < -0.39 is 212 Å². The van der Waals surface area contributed by atoms with Gasteiger partial charge < -0.3 is 118 Å². The first kappa shape index (κ1) is 72.1. The van der Waals surface area contributed by atoms with E-state index in [4.69, 9.17) is 56.8 Å². The molecule has 3 saturated carbocycles. The first-order valence-corrected chi connectivity index (χ1v) is 33.1. The van der Waals surface area contributed by atoms with E-state index in [1.807, 2.05) is 20.8 Å². The van der Waals surface area contributed by atoms with Gasteiger partial charge in [-0.3, -0.25) is 14.1 Å². The zero-order valence-corrected chi connectivity index (χ0v) is 53.7. The molecule has 9 fully saturated rings. The first-order valence-electron chi connectivity index (χ1n) is 31.7. The van der Waals surface area contributed by atoms with Gasteiger partial charge in [-0.25, -0.2) is 8.98 Å². The summed E-state index contributed by atoms with van der Waals surface area (Å²) in [7, 11) is -4.02. The SMILES string of the molecule is CO[C@@H]1[C@@H](O)[C@H](O[C@@H]2[C@@H](O)[C@H](O[C@H]3[C@H](O)[C@@H](O)[C@H](O[C@H]4[C@H](O[C@H]5CC[C@]6(C)[C@@H]7CC[C@]89C(=O)O[C@@](C)(CC(=O)CC(C)C)[C@H]8CC[C@@]9(C)C7=CC[C@H]6C5(C)C)OC[C@@H](O[C@@H]5O[C@H](COS(=O)(=O)O)[C@@H](O)[C@H](O)[C@H]5O)[C@@H]4O)O[C@@H]3C)O[C@H](CO)[C@H]2O)O[C@H](C(=O)O)[C@H]1O. The van der Waals surface area contributed by atoms with Crippen LogP contribution in [0.15, 0.2) is 11.6 Å². The summed E-state index contributed by atoms with van der Waals surface area (Å²) in [6, 6.07) is 0. The second-order valence-electron chi connectivity index (χ2n) is 28.7. The lowest BCUT2D eigenvalue weighted by Gasteiger charge is -2.64. The van der Waals surface area contributed by atoms with E-state index in [-0.39, 0.29) is 47.3 Å². The summed E-state index contributed by atoms with van der Waals surface area (Å²) in [6.45, 7) is 13.4. The number of allylic oxidation sites excluding steroid dienone is 2. The average molecular weight is 1340 g/mol. The van der Waals surface area contributed by atoms with Crippen molar-refractivity contribution in [2.45, 2.75) is 272 Å². The first-order chi connectivity index (χ1) is 43.0. The zero-order valence-electron chi connectivity index (χ0n) is 52.9. The molecule has 1 spiro atoms. The van der Waals surface area contributed by atoms with Crippen LogP contribution in [0, 0.1) is 45.3 Å². The van der Waals surface area contributed by atoms with E-state index >= 15 is 0 Å². The van der Waals surface area contributed by atoms with Gasteiger partial charge in [0.15, 0.2) is 37.6 Å². The second-order valence-corrected chi connectivity index (χ2v) is 29.8. The van der Waals surface area contributed by atoms with E-state index in [0.29, 0.717) is 38.5 Å². The molecule has 0 bridgehead atoms. The highest BCUT2D eigenvalue weighted by molar-refractivity contribution is 7.80. The van der Waals surface area contributed by atoms with Crippen molar-refractivity contribution in [2.75, 3.05) is 26.9 Å². The summed E-state index contributed by atoms with van der Waals surface area (Å²) in [5, 5.41) is 133. The lowest BCUT2D eigenvalue weighted by Crippen LogP contribution is -2.67. The predicted molar refractivity (Wildman–Crippen MR) is 304 cm³/mol. The smallest absolute Gasteiger partial charge is 0.397 e. The van der Waals surface area contributed by atoms with Crippen LogP contribution >= 0.6 is 0 Å². The van der Waals surface area contributed by atoms with E-state index in [2.05, 4.69) is 38.0 Å². The topological polar surface area (TPSA) is 468 Å². The molecule has 10 aliphatic rings. The number of ether oxygens (including phenoxy) is 12. The number of carbonyl (C=O) groups is 3. The Morgan fingerprint density at radius 3 is 1.93 bits per heavy atom. The maximum absolute atomic E-state index is 14.5. The van der Waals surface area contributed by atoms with Gasteiger partial charge in [0.1, 0.15) is 115 Å². The number of aliphatic hydroxyl groups excluding tert-OH is 11. The molecule has 526 valence electrons.